The van der Waals surface area contributed by atoms with Gasteiger partial charge in [-0.3, -0.25) is 0 Å². The van der Waals surface area contributed by atoms with Crippen molar-refractivity contribution in [2.75, 3.05) is 39.6 Å². The average molecular weight is 221 g/mol. The lowest BCUT2D eigenvalue weighted by Crippen LogP contribution is -2.22. The molecular weight excluding hydrogens is 202 g/mol. The lowest BCUT2D eigenvalue weighted by atomic mass is 10.3. The summed E-state index contributed by atoms with van der Waals surface area (Å²) in [6.45, 7) is 2.41. The van der Waals surface area contributed by atoms with Gasteiger partial charge in [0, 0.05) is 13.2 Å². The Bertz CT molecular complexity index is 153. The fraction of sp³-hybridized carbons (Fsp3) is 0.889. The van der Waals surface area contributed by atoms with E-state index >= 15 is 0 Å². The summed E-state index contributed by atoms with van der Waals surface area (Å²) < 4.78 is 10.2. The maximum absolute atomic E-state index is 10.1. The molecule has 0 heterocycles. The van der Waals surface area contributed by atoms with Crippen LogP contribution in [0.5, 0.6) is 0 Å². The third-order valence-electron chi connectivity index (χ3n) is 1.60. The fourth-order valence-electron chi connectivity index (χ4n) is 0.911. The molecule has 0 aliphatic carbocycles. The first-order valence-corrected chi connectivity index (χ1v) is 5.00. The molecule has 6 nitrogen and oxygen atoms in total. The van der Waals surface area contributed by atoms with E-state index in [0.29, 0.717) is 33.0 Å². The molecule has 0 saturated carbocycles. The molecule has 0 aliphatic rings. The minimum absolute atomic E-state index is 0.0286. The Hall–Kier alpha value is -0.850. The third kappa shape index (κ3) is 13.2. The Kier molecular flexibility index (Phi) is 10.6. The van der Waals surface area contributed by atoms with Gasteiger partial charge in [0.15, 0.2) is 0 Å². The third-order valence-corrected chi connectivity index (χ3v) is 1.60. The van der Waals surface area contributed by atoms with Gasteiger partial charge in [0.2, 0.25) is 0 Å². The molecule has 0 radical (unpaired) electrons. The van der Waals surface area contributed by atoms with E-state index in [2.05, 4.69) is 5.32 Å². The van der Waals surface area contributed by atoms with Crippen LogP contribution in [0.4, 0.5) is 4.79 Å². The SMILES string of the molecule is O=C(O)NCCCCOCCOCCO. The van der Waals surface area contributed by atoms with E-state index in [1.807, 2.05) is 0 Å². The predicted molar refractivity (Wildman–Crippen MR) is 54.0 cm³/mol. The molecule has 15 heavy (non-hydrogen) atoms. The largest absolute Gasteiger partial charge is 0.465 e. The fourth-order valence-corrected chi connectivity index (χ4v) is 0.911. The smallest absolute Gasteiger partial charge is 0.404 e. The monoisotopic (exact) mass is 221 g/mol. The highest BCUT2D eigenvalue weighted by atomic mass is 16.5. The van der Waals surface area contributed by atoms with Crippen LogP contribution in [-0.2, 0) is 9.47 Å². The van der Waals surface area contributed by atoms with Crippen LogP contribution >= 0.6 is 0 Å². The van der Waals surface area contributed by atoms with E-state index in [-0.39, 0.29) is 6.61 Å². The van der Waals surface area contributed by atoms with Crippen LogP contribution in [-0.4, -0.2) is 55.9 Å². The summed E-state index contributed by atoms with van der Waals surface area (Å²) in [5.41, 5.74) is 0. The molecule has 0 fully saturated rings. The normalized spacial score (nSPS) is 10.2. The second-order valence-corrected chi connectivity index (χ2v) is 2.89. The van der Waals surface area contributed by atoms with Crippen molar-refractivity contribution in [1.29, 1.82) is 0 Å². The number of nitrogens with one attached hydrogen (secondary N) is 1. The Balaban J connectivity index is 2.89. The molecular formula is C9H19NO5. The first-order valence-electron chi connectivity index (χ1n) is 5.00. The standard InChI is InChI=1S/C9H19NO5/c11-4-6-15-8-7-14-5-2-1-3-10-9(12)13/h10-11H,1-8H2,(H,12,13). The number of carboxylic acid groups (broad SMARTS) is 1. The summed E-state index contributed by atoms with van der Waals surface area (Å²) in [5.74, 6) is 0. The van der Waals surface area contributed by atoms with Crippen LogP contribution in [0.25, 0.3) is 0 Å². The summed E-state index contributed by atoms with van der Waals surface area (Å²) in [7, 11) is 0. The van der Waals surface area contributed by atoms with Crippen LogP contribution in [0.3, 0.4) is 0 Å². The van der Waals surface area contributed by atoms with E-state index < -0.39 is 6.09 Å². The zero-order chi connectivity index (χ0) is 11.4. The molecule has 0 aliphatic heterocycles. The van der Waals surface area contributed by atoms with Crippen molar-refractivity contribution in [1.82, 2.24) is 5.32 Å². The Morgan fingerprint density at radius 1 is 1.07 bits per heavy atom. The van der Waals surface area contributed by atoms with Crippen molar-refractivity contribution in [3.8, 4) is 0 Å². The molecule has 0 aromatic carbocycles. The van der Waals surface area contributed by atoms with Gasteiger partial charge in [-0.25, -0.2) is 4.79 Å². The van der Waals surface area contributed by atoms with Gasteiger partial charge in [-0.05, 0) is 12.8 Å². The van der Waals surface area contributed by atoms with Crippen LogP contribution < -0.4 is 5.32 Å². The molecule has 6 heteroatoms. The van der Waals surface area contributed by atoms with Crippen molar-refractivity contribution < 1.29 is 24.5 Å². The van der Waals surface area contributed by atoms with E-state index in [0.717, 1.165) is 12.8 Å². The van der Waals surface area contributed by atoms with Gasteiger partial charge in [-0.15, -0.1) is 0 Å². The molecule has 1 amide bonds. The van der Waals surface area contributed by atoms with E-state index in [9.17, 15) is 4.79 Å². The molecule has 90 valence electrons. The second-order valence-electron chi connectivity index (χ2n) is 2.89. The number of hydrogen-bond acceptors (Lipinski definition) is 4. The number of aliphatic hydroxyl groups is 1. The minimum Gasteiger partial charge on any atom is -0.465 e. The molecule has 0 atom stereocenters. The summed E-state index contributed by atoms with van der Waals surface area (Å²) in [6.07, 6.45) is 0.595. The van der Waals surface area contributed by atoms with Gasteiger partial charge in [0.25, 0.3) is 0 Å². The van der Waals surface area contributed by atoms with Gasteiger partial charge < -0.3 is 25.0 Å². The lowest BCUT2D eigenvalue weighted by Gasteiger charge is -2.04. The van der Waals surface area contributed by atoms with Gasteiger partial charge in [0.05, 0.1) is 26.4 Å². The van der Waals surface area contributed by atoms with Crippen LogP contribution in [0.15, 0.2) is 0 Å². The maximum Gasteiger partial charge on any atom is 0.404 e. The summed E-state index contributed by atoms with van der Waals surface area (Å²) in [6, 6.07) is 0. The number of carbonyl (C=O) groups is 1. The first kappa shape index (κ1) is 14.2. The maximum atomic E-state index is 10.1. The zero-order valence-electron chi connectivity index (χ0n) is 8.78. The highest BCUT2D eigenvalue weighted by Crippen LogP contribution is 1.89. The van der Waals surface area contributed by atoms with Crippen LogP contribution in [0.1, 0.15) is 12.8 Å². The van der Waals surface area contributed by atoms with Crippen molar-refractivity contribution in [3.05, 3.63) is 0 Å². The Morgan fingerprint density at radius 3 is 2.33 bits per heavy atom. The number of unbranched alkanes of at least 4 members (excludes halogenated alkanes) is 1. The van der Waals surface area contributed by atoms with E-state index in [1.165, 1.54) is 0 Å². The van der Waals surface area contributed by atoms with Gasteiger partial charge >= 0.3 is 6.09 Å². The average Bonchev–Trinajstić information content (AvgIpc) is 2.20. The second kappa shape index (κ2) is 11.2. The highest BCUT2D eigenvalue weighted by molar-refractivity contribution is 5.64. The molecule has 0 unspecified atom stereocenters. The van der Waals surface area contributed by atoms with Crippen LogP contribution in [0.2, 0.25) is 0 Å². The molecule has 0 aromatic rings. The molecule has 0 rings (SSSR count). The predicted octanol–water partition coefficient (Wildman–Crippen LogP) is 0.0597. The minimum atomic E-state index is -0.992. The van der Waals surface area contributed by atoms with E-state index in [1.54, 1.807) is 0 Å². The summed E-state index contributed by atoms with van der Waals surface area (Å²) in [5, 5.41) is 18.9. The number of ether oxygens (including phenoxy) is 2. The number of aliphatic hydroxyl groups excluding tert-OH is 1. The van der Waals surface area contributed by atoms with Gasteiger partial charge in [-0.2, -0.15) is 0 Å². The van der Waals surface area contributed by atoms with Crippen LogP contribution in [0, 0.1) is 0 Å². The number of hydrogen-bond donors (Lipinski definition) is 3. The van der Waals surface area contributed by atoms with Crippen molar-refractivity contribution >= 4 is 6.09 Å². The van der Waals surface area contributed by atoms with E-state index in [4.69, 9.17) is 19.7 Å². The van der Waals surface area contributed by atoms with Crippen molar-refractivity contribution in [3.63, 3.8) is 0 Å². The molecule has 0 spiro atoms. The number of amides is 1. The Labute approximate surface area is 89.2 Å². The molecule has 3 N–H and O–H groups in total. The van der Waals surface area contributed by atoms with Gasteiger partial charge in [0.1, 0.15) is 0 Å². The topological polar surface area (TPSA) is 88.0 Å². The summed E-state index contributed by atoms with van der Waals surface area (Å²) in [4.78, 5) is 10.1. The summed E-state index contributed by atoms with van der Waals surface area (Å²) >= 11 is 0. The van der Waals surface area contributed by atoms with Crippen molar-refractivity contribution in [2.45, 2.75) is 12.8 Å². The number of rotatable bonds is 10. The van der Waals surface area contributed by atoms with Crippen molar-refractivity contribution in [2.24, 2.45) is 0 Å². The lowest BCUT2D eigenvalue weighted by molar-refractivity contribution is 0.0322. The molecule has 0 saturated heterocycles. The highest BCUT2D eigenvalue weighted by Gasteiger charge is 1.93. The molecule has 0 aromatic heterocycles. The Morgan fingerprint density at radius 2 is 1.73 bits per heavy atom. The first-order chi connectivity index (χ1) is 7.27. The quantitative estimate of drug-likeness (QED) is 0.454. The van der Waals surface area contributed by atoms with Gasteiger partial charge in [-0.1, -0.05) is 0 Å². The molecule has 0 bridgehead atoms. The zero-order valence-corrected chi connectivity index (χ0v) is 8.78.